The third-order valence-electron chi connectivity index (χ3n) is 5.00. The van der Waals surface area contributed by atoms with Gasteiger partial charge in [0.15, 0.2) is 5.65 Å². The lowest BCUT2D eigenvalue weighted by molar-refractivity contribution is -0.141. The second-order valence-electron chi connectivity index (χ2n) is 6.99. The Kier molecular flexibility index (Phi) is 3.54. The topological polar surface area (TPSA) is 76.7 Å². The van der Waals surface area contributed by atoms with Gasteiger partial charge in [-0.1, -0.05) is 5.21 Å². The van der Waals surface area contributed by atoms with Gasteiger partial charge in [0.25, 0.3) is 0 Å². The molecule has 4 aromatic rings. The van der Waals surface area contributed by atoms with Gasteiger partial charge in [0.05, 0.1) is 11.8 Å². The number of nitrogens with zero attached hydrogens (tertiary/aromatic N) is 5. The number of aryl methyl sites for hydroxylation is 1. The summed E-state index contributed by atoms with van der Waals surface area (Å²) >= 11 is 1.34. The second kappa shape index (κ2) is 5.74. The maximum absolute atomic E-state index is 13.1. The van der Waals surface area contributed by atoms with Gasteiger partial charge in [0.1, 0.15) is 10.3 Å². The van der Waals surface area contributed by atoms with E-state index < -0.39 is 17.9 Å². The van der Waals surface area contributed by atoms with Crippen molar-refractivity contribution in [2.75, 3.05) is 0 Å². The molecule has 1 saturated carbocycles. The standard InChI is InChI=1S/C18H15F2N5OS/c1-25-16-13(23-24-25)4-10(8-21-16)12-3-2-9-5-14(27-17(9)22-12)15(26)11-6-18(19,20)7-11/h2-5,8,11,15,26H,6-7H2,1H3/t15-/m0/s1. The largest absolute Gasteiger partial charge is 0.387 e. The first-order valence-electron chi connectivity index (χ1n) is 8.52. The van der Waals surface area contributed by atoms with Crippen LogP contribution in [0.4, 0.5) is 8.78 Å². The van der Waals surface area contributed by atoms with Gasteiger partial charge < -0.3 is 5.11 Å². The maximum atomic E-state index is 13.1. The average Bonchev–Trinajstić information content (AvgIpc) is 3.21. The number of thiophene rings is 1. The van der Waals surface area contributed by atoms with E-state index in [1.807, 2.05) is 24.3 Å². The summed E-state index contributed by atoms with van der Waals surface area (Å²) < 4.78 is 27.8. The van der Waals surface area contributed by atoms with Gasteiger partial charge in [-0.25, -0.2) is 23.4 Å². The first-order valence-corrected chi connectivity index (χ1v) is 9.33. The van der Waals surface area contributed by atoms with E-state index in [1.54, 1.807) is 17.9 Å². The number of alkyl halides is 2. The van der Waals surface area contributed by atoms with Gasteiger partial charge in [0.2, 0.25) is 5.92 Å². The van der Waals surface area contributed by atoms with E-state index in [9.17, 15) is 13.9 Å². The predicted octanol–water partition coefficient (Wildman–Crippen LogP) is 3.72. The lowest BCUT2D eigenvalue weighted by atomic mass is 9.77. The molecule has 0 aromatic carbocycles. The Morgan fingerprint density at radius 2 is 2.11 bits per heavy atom. The second-order valence-corrected chi connectivity index (χ2v) is 8.05. The Labute approximate surface area is 156 Å². The van der Waals surface area contributed by atoms with E-state index in [0.29, 0.717) is 16.0 Å². The number of aromatic nitrogens is 5. The molecular weight excluding hydrogens is 372 g/mol. The molecule has 27 heavy (non-hydrogen) atoms. The molecule has 138 valence electrons. The summed E-state index contributed by atoms with van der Waals surface area (Å²) in [6.45, 7) is 0. The summed E-state index contributed by atoms with van der Waals surface area (Å²) in [5.41, 5.74) is 2.93. The van der Waals surface area contributed by atoms with Crippen molar-refractivity contribution in [1.82, 2.24) is 25.0 Å². The number of aliphatic hydroxyl groups excluding tert-OH is 1. The molecule has 0 unspecified atom stereocenters. The normalized spacial score (nSPS) is 18.1. The summed E-state index contributed by atoms with van der Waals surface area (Å²) in [5.74, 6) is -3.03. The Hall–Kier alpha value is -2.52. The van der Waals surface area contributed by atoms with Crippen LogP contribution in [0.1, 0.15) is 23.8 Å². The summed E-state index contributed by atoms with van der Waals surface area (Å²) in [4.78, 5) is 10.5. The molecule has 4 heterocycles. The van der Waals surface area contributed by atoms with E-state index in [2.05, 4.69) is 20.3 Å². The molecule has 0 radical (unpaired) electrons. The molecule has 1 fully saturated rings. The molecule has 0 saturated heterocycles. The maximum Gasteiger partial charge on any atom is 0.248 e. The highest BCUT2D eigenvalue weighted by Crippen LogP contribution is 2.49. The van der Waals surface area contributed by atoms with E-state index in [1.165, 1.54) is 11.3 Å². The zero-order valence-electron chi connectivity index (χ0n) is 14.3. The fourth-order valence-corrected chi connectivity index (χ4v) is 4.58. The van der Waals surface area contributed by atoms with Crippen molar-refractivity contribution in [2.24, 2.45) is 13.0 Å². The monoisotopic (exact) mass is 387 g/mol. The van der Waals surface area contributed by atoms with Crippen LogP contribution in [0.2, 0.25) is 0 Å². The summed E-state index contributed by atoms with van der Waals surface area (Å²) in [6.07, 6.45) is 0.333. The Bertz CT molecular complexity index is 1160. The van der Waals surface area contributed by atoms with Crippen LogP contribution in [-0.4, -0.2) is 36.0 Å². The molecule has 1 aliphatic carbocycles. The van der Waals surface area contributed by atoms with Crippen LogP contribution in [-0.2, 0) is 7.05 Å². The van der Waals surface area contributed by atoms with Crippen LogP contribution in [0.5, 0.6) is 0 Å². The fraction of sp³-hybridized carbons (Fsp3) is 0.333. The van der Waals surface area contributed by atoms with Gasteiger partial charge in [-0.3, -0.25) is 0 Å². The molecule has 4 aromatic heterocycles. The molecule has 1 N–H and O–H groups in total. The van der Waals surface area contributed by atoms with E-state index >= 15 is 0 Å². The number of halogens is 2. The van der Waals surface area contributed by atoms with Crippen molar-refractivity contribution < 1.29 is 13.9 Å². The van der Waals surface area contributed by atoms with Crippen LogP contribution in [0.25, 0.3) is 32.6 Å². The van der Waals surface area contributed by atoms with Gasteiger partial charge in [-0.15, -0.1) is 16.4 Å². The molecule has 0 bridgehead atoms. The fourth-order valence-electron chi connectivity index (χ4n) is 3.47. The minimum Gasteiger partial charge on any atom is -0.387 e. The highest BCUT2D eigenvalue weighted by molar-refractivity contribution is 7.18. The number of rotatable bonds is 3. The lowest BCUT2D eigenvalue weighted by Gasteiger charge is -2.37. The van der Waals surface area contributed by atoms with Crippen LogP contribution in [0.3, 0.4) is 0 Å². The van der Waals surface area contributed by atoms with Crippen molar-refractivity contribution >= 4 is 32.7 Å². The van der Waals surface area contributed by atoms with E-state index in [4.69, 9.17) is 0 Å². The SMILES string of the molecule is Cn1nnc2cc(-c3ccc4cc([C@@H](O)C5CC(F)(F)C5)sc4n3)cnc21. The zero-order chi connectivity index (χ0) is 18.8. The minimum atomic E-state index is -2.64. The quantitative estimate of drug-likeness (QED) is 0.580. The average molecular weight is 387 g/mol. The van der Waals surface area contributed by atoms with Crippen molar-refractivity contribution in [3.8, 4) is 11.3 Å². The number of pyridine rings is 2. The first kappa shape index (κ1) is 16.6. The number of aliphatic hydroxyl groups is 1. The minimum absolute atomic E-state index is 0.259. The van der Waals surface area contributed by atoms with Gasteiger partial charge in [-0.2, -0.15) is 0 Å². The van der Waals surface area contributed by atoms with Crippen molar-refractivity contribution in [2.45, 2.75) is 24.9 Å². The molecule has 6 nitrogen and oxygen atoms in total. The molecule has 0 spiro atoms. The Morgan fingerprint density at radius 1 is 1.30 bits per heavy atom. The molecular formula is C18H15F2N5OS. The first-order chi connectivity index (χ1) is 12.9. The van der Waals surface area contributed by atoms with Crippen LogP contribution in [0.15, 0.2) is 30.5 Å². The van der Waals surface area contributed by atoms with E-state index in [0.717, 1.165) is 21.5 Å². The van der Waals surface area contributed by atoms with Crippen molar-refractivity contribution in [3.63, 3.8) is 0 Å². The molecule has 0 aliphatic heterocycles. The highest BCUT2D eigenvalue weighted by Gasteiger charge is 2.48. The highest BCUT2D eigenvalue weighted by atomic mass is 32.1. The molecule has 1 atom stereocenters. The third kappa shape index (κ3) is 2.78. The third-order valence-corrected chi connectivity index (χ3v) is 6.11. The molecule has 5 rings (SSSR count). The molecule has 1 aliphatic rings. The van der Waals surface area contributed by atoms with Crippen molar-refractivity contribution in [1.29, 1.82) is 0 Å². The predicted molar refractivity (Wildman–Crippen MR) is 97.5 cm³/mol. The van der Waals surface area contributed by atoms with Gasteiger partial charge in [0, 0.05) is 47.8 Å². The molecule has 0 amide bonds. The number of hydrogen-bond donors (Lipinski definition) is 1. The van der Waals surface area contributed by atoms with Crippen molar-refractivity contribution in [3.05, 3.63) is 35.3 Å². The van der Waals surface area contributed by atoms with E-state index in [-0.39, 0.29) is 12.8 Å². The summed E-state index contributed by atoms with van der Waals surface area (Å²) in [5, 5.41) is 19.3. The summed E-state index contributed by atoms with van der Waals surface area (Å²) in [7, 11) is 1.78. The van der Waals surface area contributed by atoms with Crippen LogP contribution < -0.4 is 0 Å². The van der Waals surface area contributed by atoms with Crippen LogP contribution in [0, 0.1) is 5.92 Å². The van der Waals surface area contributed by atoms with Gasteiger partial charge >= 0.3 is 0 Å². The summed E-state index contributed by atoms with van der Waals surface area (Å²) in [6, 6.07) is 7.51. The van der Waals surface area contributed by atoms with Crippen LogP contribution >= 0.6 is 11.3 Å². The Balaban J connectivity index is 1.48. The smallest absolute Gasteiger partial charge is 0.248 e. The van der Waals surface area contributed by atoms with Gasteiger partial charge in [-0.05, 0) is 24.3 Å². The Morgan fingerprint density at radius 3 is 2.89 bits per heavy atom. The lowest BCUT2D eigenvalue weighted by Crippen LogP contribution is -2.38. The molecule has 9 heteroatoms. The number of fused-ring (bicyclic) bond motifs is 2. The zero-order valence-corrected chi connectivity index (χ0v) is 15.1. The number of hydrogen-bond acceptors (Lipinski definition) is 6.